The number of hydrogen-bond acceptors (Lipinski definition) is 4. The molecule has 6 heteroatoms. The van der Waals surface area contributed by atoms with Crippen LogP contribution in [0.4, 0.5) is 0 Å². The molecule has 20 heavy (non-hydrogen) atoms. The third kappa shape index (κ3) is 3.62. The van der Waals surface area contributed by atoms with Crippen molar-refractivity contribution in [3.8, 4) is 0 Å². The molecule has 1 atom stereocenters. The third-order valence-corrected chi connectivity index (χ3v) is 4.56. The summed E-state index contributed by atoms with van der Waals surface area (Å²) in [7, 11) is -3.10. The average molecular weight is 299 g/mol. The Morgan fingerprint density at radius 2 is 2.20 bits per heavy atom. The highest BCUT2D eigenvalue weighted by Crippen LogP contribution is 2.33. The van der Waals surface area contributed by atoms with Gasteiger partial charge in [-0.2, -0.15) is 0 Å². The van der Waals surface area contributed by atoms with Crippen molar-refractivity contribution in [1.29, 1.82) is 0 Å². The van der Waals surface area contributed by atoms with Crippen LogP contribution < -0.4 is 0 Å². The summed E-state index contributed by atoms with van der Waals surface area (Å²) < 4.78 is 28.0. The monoisotopic (exact) mass is 299 g/mol. The van der Waals surface area contributed by atoms with Gasteiger partial charge in [0.15, 0.2) is 0 Å². The normalized spacial score (nSPS) is 19.5. The summed E-state index contributed by atoms with van der Waals surface area (Å²) in [6.45, 7) is 2.70. The molecule has 0 N–H and O–H groups in total. The average Bonchev–Trinajstić information content (AvgIpc) is 3.02. The van der Waals surface area contributed by atoms with Crippen molar-refractivity contribution in [3.63, 3.8) is 0 Å². The predicted molar refractivity (Wildman–Crippen MR) is 76.1 cm³/mol. The summed E-state index contributed by atoms with van der Waals surface area (Å²) >= 11 is 0. The van der Waals surface area contributed by atoms with Gasteiger partial charge >= 0.3 is 0 Å². The van der Waals surface area contributed by atoms with Gasteiger partial charge in [-0.05, 0) is 25.0 Å². The maximum absolute atomic E-state index is 12.2. The lowest BCUT2D eigenvalue weighted by Crippen LogP contribution is -2.31. The molecule has 1 fully saturated rings. The maximum Gasteiger partial charge on any atom is 0.224 e. The molecule has 1 aromatic heterocycles. The first-order valence-corrected chi connectivity index (χ1v) is 9.02. The van der Waals surface area contributed by atoms with Gasteiger partial charge in [-0.25, -0.2) is 8.42 Å². The topological polar surface area (TPSA) is 67.6 Å². The lowest BCUT2D eigenvalue weighted by Gasteiger charge is -2.23. The summed E-state index contributed by atoms with van der Waals surface area (Å²) in [5.41, 5.74) is 0. The van der Waals surface area contributed by atoms with Crippen LogP contribution >= 0.6 is 0 Å². The lowest BCUT2D eigenvalue weighted by atomic mass is 10.1. The molecule has 0 aliphatic carbocycles. The van der Waals surface area contributed by atoms with E-state index in [-0.39, 0.29) is 24.1 Å². The Kier molecular flexibility index (Phi) is 4.52. The minimum absolute atomic E-state index is 0.0395. The summed E-state index contributed by atoms with van der Waals surface area (Å²) in [5, 5.41) is 0. The molecule has 0 saturated carbocycles. The van der Waals surface area contributed by atoms with E-state index in [1.807, 2.05) is 19.1 Å². The van der Waals surface area contributed by atoms with E-state index >= 15 is 0 Å². The van der Waals surface area contributed by atoms with Crippen molar-refractivity contribution >= 4 is 15.7 Å². The Morgan fingerprint density at radius 3 is 2.80 bits per heavy atom. The van der Waals surface area contributed by atoms with Gasteiger partial charge in [-0.1, -0.05) is 6.92 Å². The second-order valence-corrected chi connectivity index (χ2v) is 7.54. The van der Waals surface area contributed by atoms with Crippen LogP contribution in [0.3, 0.4) is 0 Å². The number of likely N-dealkylation sites (tertiary alicyclic amines) is 1. The fourth-order valence-corrected chi connectivity index (χ4v) is 3.09. The molecule has 1 aliphatic heterocycles. The molecule has 1 aromatic rings. The molecule has 2 heterocycles. The highest BCUT2D eigenvalue weighted by Gasteiger charge is 2.32. The first-order chi connectivity index (χ1) is 9.40. The Hall–Kier alpha value is -1.30. The quantitative estimate of drug-likeness (QED) is 0.833. The van der Waals surface area contributed by atoms with Crippen LogP contribution in [-0.2, 0) is 21.1 Å². The molecular weight excluding hydrogens is 278 g/mol. The number of furan rings is 1. The van der Waals surface area contributed by atoms with Crippen LogP contribution in [0.25, 0.3) is 0 Å². The fraction of sp³-hybridized carbons (Fsp3) is 0.643. The van der Waals surface area contributed by atoms with Gasteiger partial charge in [0.1, 0.15) is 21.4 Å². The largest absolute Gasteiger partial charge is 0.464 e. The Labute approximate surface area is 119 Å². The van der Waals surface area contributed by atoms with E-state index in [1.165, 1.54) is 0 Å². The van der Waals surface area contributed by atoms with Crippen molar-refractivity contribution in [2.45, 2.75) is 38.6 Å². The van der Waals surface area contributed by atoms with Gasteiger partial charge < -0.3 is 9.32 Å². The van der Waals surface area contributed by atoms with E-state index in [9.17, 15) is 13.2 Å². The fourth-order valence-electron chi connectivity index (χ4n) is 2.54. The number of rotatable bonds is 5. The second kappa shape index (κ2) is 5.99. The maximum atomic E-state index is 12.2. The van der Waals surface area contributed by atoms with Crippen molar-refractivity contribution < 1.29 is 17.6 Å². The number of hydrogen-bond donors (Lipinski definition) is 0. The van der Waals surface area contributed by atoms with Gasteiger partial charge in [0.2, 0.25) is 5.91 Å². The molecule has 0 bridgehead atoms. The van der Waals surface area contributed by atoms with Crippen molar-refractivity contribution in [2.24, 2.45) is 0 Å². The standard InChI is InChI=1S/C14H21NO4S/c1-3-11-6-7-13(19-11)12-5-4-9-15(12)14(16)8-10-20(2,17)18/h6-7,12H,3-5,8-10H2,1-2H3/t12-/m1/s1. The van der Waals surface area contributed by atoms with Gasteiger partial charge in [0, 0.05) is 25.6 Å². The zero-order chi connectivity index (χ0) is 14.8. The van der Waals surface area contributed by atoms with E-state index in [4.69, 9.17) is 4.42 Å². The van der Waals surface area contributed by atoms with E-state index in [1.54, 1.807) is 4.90 Å². The summed E-state index contributed by atoms with van der Waals surface area (Å²) in [5.74, 6) is 1.53. The van der Waals surface area contributed by atoms with E-state index in [2.05, 4.69) is 0 Å². The lowest BCUT2D eigenvalue weighted by molar-refractivity contribution is -0.132. The van der Waals surface area contributed by atoms with Gasteiger partial charge in [-0.3, -0.25) is 4.79 Å². The molecule has 1 saturated heterocycles. The van der Waals surface area contributed by atoms with E-state index in [0.29, 0.717) is 6.54 Å². The molecule has 5 nitrogen and oxygen atoms in total. The molecule has 1 aliphatic rings. The second-order valence-electron chi connectivity index (χ2n) is 5.28. The van der Waals surface area contributed by atoms with Gasteiger partial charge in [0.05, 0.1) is 11.8 Å². The number of amides is 1. The summed E-state index contributed by atoms with van der Waals surface area (Å²) in [6, 6.07) is 3.82. The predicted octanol–water partition coefficient (Wildman–Crippen LogP) is 1.94. The van der Waals surface area contributed by atoms with Crippen LogP contribution in [-0.4, -0.2) is 37.8 Å². The molecule has 0 spiro atoms. The number of carbonyl (C=O) groups excluding carboxylic acids is 1. The zero-order valence-electron chi connectivity index (χ0n) is 12.0. The highest BCUT2D eigenvalue weighted by molar-refractivity contribution is 7.90. The Morgan fingerprint density at radius 1 is 1.45 bits per heavy atom. The minimum Gasteiger partial charge on any atom is -0.464 e. The number of carbonyl (C=O) groups is 1. The van der Waals surface area contributed by atoms with Crippen LogP contribution in [0, 0.1) is 0 Å². The molecule has 112 valence electrons. The summed E-state index contributed by atoms with van der Waals surface area (Å²) in [4.78, 5) is 13.9. The van der Waals surface area contributed by atoms with Crippen LogP contribution in [0.15, 0.2) is 16.5 Å². The van der Waals surface area contributed by atoms with E-state index in [0.717, 1.165) is 37.0 Å². The Bertz CT molecular complexity index is 576. The van der Waals surface area contributed by atoms with Gasteiger partial charge in [0.25, 0.3) is 0 Å². The molecule has 0 radical (unpaired) electrons. The van der Waals surface area contributed by atoms with Crippen LogP contribution in [0.5, 0.6) is 0 Å². The number of sulfone groups is 1. The van der Waals surface area contributed by atoms with Crippen molar-refractivity contribution in [2.75, 3.05) is 18.6 Å². The van der Waals surface area contributed by atoms with Gasteiger partial charge in [-0.15, -0.1) is 0 Å². The first-order valence-electron chi connectivity index (χ1n) is 6.96. The summed E-state index contributed by atoms with van der Waals surface area (Å²) in [6.07, 6.45) is 3.84. The molecule has 0 unspecified atom stereocenters. The molecule has 2 rings (SSSR count). The highest BCUT2D eigenvalue weighted by atomic mass is 32.2. The Balaban J connectivity index is 2.05. The molecule has 0 aromatic carbocycles. The molecular formula is C14H21NO4S. The van der Waals surface area contributed by atoms with E-state index < -0.39 is 9.84 Å². The van der Waals surface area contributed by atoms with Crippen molar-refractivity contribution in [1.82, 2.24) is 4.90 Å². The number of nitrogens with zero attached hydrogens (tertiary/aromatic N) is 1. The van der Waals surface area contributed by atoms with Crippen LogP contribution in [0.1, 0.15) is 43.7 Å². The number of aryl methyl sites for hydroxylation is 1. The van der Waals surface area contributed by atoms with Crippen molar-refractivity contribution in [3.05, 3.63) is 23.7 Å². The minimum atomic E-state index is -3.10. The SMILES string of the molecule is CCc1ccc([C@H]2CCCN2C(=O)CCS(C)(=O)=O)o1. The third-order valence-electron chi connectivity index (χ3n) is 3.62. The van der Waals surface area contributed by atoms with Crippen LogP contribution in [0.2, 0.25) is 0 Å². The molecule has 1 amide bonds. The zero-order valence-corrected chi connectivity index (χ0v) is 12.8. The first kappa shape index (κ1) is 15.1. The smallest absolute Gasteiger partial charge is 0.224 e.